The Kier molecular flexibility index (Phi) is 20.6. The monoisotopic (exact) mass is 1070 g/mol. The van der Waals surface area contributed by atoms with E-state index in [4.69, 9.17) is 12.0 Å². The second-order valence-electron chi connectivity index (χ2n) is 19.4. The number of carbonyl (C=O) groups is 10. The van der Waals surface area contributed by atoms with Crippen molar-refractivity contribution in [3.05, 3.63) is 114 Å². The van der Waals surface area contributed by atoms with Gasteiger partial charge < -0.3 is 51.7 Å². The first kappa shape index (κ1) is 57.9. The number of pyridine rings is 1. The van der Waals surface area contributed by atoms with E-state index in [0.29, 0.717) is 21.6 Å². The Labute approximate surface area is 444 Å². The molecule has 412 valence electrons. The van der Waals surface area contributed by atoms with Crippen LogP contribution in [0.4, 0.5) is 8.78 Å². The van der Waals surface area contributed by atoms with Crippen molar-refractivity contribution in [2.45, 2.75) is 116 Å². The van der Waals surface area contributed by atoms with E-state index < -0.39 is 132 Å². The Hall–Kier alpha value is -8.41. The molecule has 77 heavy (non-hydrogen) atoms. The minimum atomic E-state index is -1.79. The highest BCUT2D eigenvalue weighted by Crippen LogP contribution is 2.41. The summed E-state index contributed by atoms with van der Waals surface area (Å²) in [5.41, 5.74) is 6.52. The zero-order chi connectivity index (χ0) is 57.4. The number of imide groups is 1. The summed E-state index contributed by atoms with van der Waals surface area (Å²) in [6, 6.07) is 9.57. The number of nitrogens with two attached hydrogens (primary N) is 1. The molecule has 8 N–H and O–H groups in total. The standard InChI is InChI=1S/C53H64F2N10O12/c1-31(59-43(68)24-33-17-21-57-22-18-33)49(73)60-32(2)50(74)62-40(27-42(56)67)52(76)61-39(51(75)58-20-9-12-47(72)77-65-44(69)15-16-45(65)70)19-23-64(46(71)30-66)48(53(3,4)5)41-25-35(37-26-36(54)13-14-38(37)55)29-63(41)28-34-10-7-6-8-11-34/h6-8,10-11,13-14,17-18,21-22,25-26,29,31-32,39-40,48,66H,9,12,15-16,19-20,23-24,27-28,30H2,1-5H3,(H2,56,67)(H,58,75)(H,59,68)(H,60,73)(H,61,76)(H,62,74)/t31-,32-,39-,40-,48-/m0/s1/i/hD. The number of aliphatic hydroxyl groups excluding tert-OH is 1. The van der Waals surface area contributed by atoms with E-state index in [1.54, 1.807) is 49.7 Å². The molecule has 5 atom stereocenters. The summed E-state index contributed by atoms with van der Waals surface area (Å²) < 4.78 is 40.0. The number of nitrogens with zero attached hydrogens (tertiary/aromatic N) is 4. The number of amides is 9. The van der Waals surface area contributed by atoms with Crippen LogP contribution in [0.5, 0.6) is 0 Å². The number of primary amides is 1. The van der Waals surface area contributed by atoms with Crippen LogP contribution >= 0.6 is 0 Å². The Morgan fingerprint density at radius 2 is 1.49 bits per heavy atom. The number of benzene rings is 2. The van der Waals surface area contributed by atoms with Crippen molar-refractivity contribution in [3.8, 4) is 11.1 Å². The Bertz CT molecular complexity index is 2840. The molecule has 4 aromatic rings. The van der Waals surface area contributed by atoms with Crippen LogP contribution in [-0.4, -0.2) is 128 Å². The van der Waals surface area contributed by atoms with E-state index in [0.717, 1.165) is 23.8 Å². The number of aromatic nitrogens is 2. The third-order valence-electron chi connectivity index (χ3n) is 12.2. The first-order valence-corrected chi connectivity index (χ1v) is 24.7. The molecule has 0 radical (unpaired) electrons. The Balaban J connectivity index is 1.41. The molecule has 9 amide bonds. The number of halogens is 2. The lowest BCUT2D eigenvalue weighted by atomic mass is 9.82. The van der Waals surface area contributed by atoms with Gasteiger partial charge in [-0.25, -0.2) is 13.6 Å². The van der Waals surface area contributed by atoms with Crippen LogP contribution in [0.25, 0.3) is 11.1 Å². The van der Waals surface area contributed by atoms with Gasteiger partial charge in [-0.3, -0.25) is 48.1 Å². The topological polar surface area (TPSA) is 311 Å². The number of hydroxylamine groups is 2. The fraction of sp³-hybridized carbons (Fsp3) is 0.415. The summed E-state index contributed by atoms with van der Waals surface area (Å²) >= 11 is 0. The smallest absolute Gasteiger partial charge is 0.333 e. The van der Waals surface area contributed by atoms with Gasteiger partial charge in [0, 0.05) is 74.3 Å². The van der Waals surface area contributed by atoms with Crippen molar-refractivity contribution in [2.24, 2.45) is 11.1 Å². The van der Waals surface area contributed by atoms with Crippen molar-refractivity contribution >= 4 is 59.1 Å². The summed E-state index contributed by atoms with van der Waals surface area (Å²) in [6.07, 6.45) is 2.28. The second-order valence-corrected chi connectivity index (χ2v) is 19.4. The highest BCUT2D eigenvalue weighted by atomic mass is 19.1. The highest BCUT2D eigenvalue weighted by molar-refractivity contribution is 6.01. The molecule has 0 saturated carbocycles. The third-order valence-corrected chi connectivity index (χ3v) is 12.2. The fourth-order valence-corrected chi connectivity index (χ4v) is 8.38. The molecular formula is C53H64F2N10O12. The normalized spacial score (nSPS) is 14.5. The first-order valence-electron chi connectivity index (χ1n) is 25.2. The lowest BCUT2D eigenvalue weighted by molar-refractivity contribution is -0.197. The van der Waals surface area contributed by atoms with Gasteiger partial charge >= 0.3 is 5.97 Å². The lowest BCUT2D eigenvalue weighted by Gasteiger charge is -2.41. The van der Waals surface area contributed by atoms with Gasteiger partial charge in [-0.05, 0) is 79.6 Å². The van der Waals surface area contributed by atoms with Crippen LogP contribution in [-0.2, 0) is 65.7 Å². The van der Waals surface area contributed by atoms with E-state index in [9.17, 15) is 57.4 Å². The average Bonchev–Trinajstić information content (AvgIpc) is 3.95. The molecular weight excluding hydrogens is 1010 g/mol. The van der Waals surface area contributed by atoms with Gasteiger partial charge in [0.25, 0.3) is 11.8 Å². The van der Waals surface area contributed by atoms with E-state index in [1.807, 2.05) is 30.3 Å². The Morgan fingerprint density at radius 3 is 2.13 bits per heavy atom. The molecule has 24 heteroatoms. The zero-order valence-electron chi connectivity index (χ0n) is 44.3. The molecule has 0 spiro atoms. The SMILES string of the molecule is [2H]N(C(=O)Cc1ccncc1)[C@@H](C)C(=O)N[C@@H](C)C(=O)N[C@@H](CC(N)=O)C(=O)N[C@@H](CCN(C(=O)CO)[C@@H](c1cc(-c2cc(F)ccc2F)cn1Cc1ccccc1)C(C)(C)C)C(=O)NCCCC(=O)ON1C(=O)CCC1=O. The summed E-state index contributed by atoms with van der Waals surface area (Å²) in [5.74, 6) is -10.4. The molecule has 5 rings (SSSR count). The molecule has 2 aromatic heterocycles. The Morgan fingerprint density at radius 1 is 0.844 bits per heavy atom. The molecule has 0 unspecified atom stereocenters. The minimum absolute atomic E-state index is 0.0748. The van der Waals surface area contributed by atoms with Gasteiger partial charge in [0.05, 0.1) is 18.9 Å². The highest BCUT2D eigenvalue weighted by Gasteiger charge is 2.39. The molecule has 2 aromatic carbocycles. The van der Waals surface area contributed by atoms with Crippen LogP contribution < -0.4 is 32.3 Å². The van der Waals surface area contributed by atoms with E-state index in [-0.39, 0.29) is 56.3 Å². The average molecular weight is 1070 g/mol. The molecule has 1 aliphatic heterocycles. The molecule has 3 heterocycles. The first-order chi connectivity index (χ1) is 36.9. The summed E-state index contributed by atoms with van der Waals surface area (Å²) in [4.78, 5) is 141. The van der Waals surface area contributed by atoms with Crippen LogP contribution in [0.3, 0.4) is 0 Å². The number of carbonyl (C=O) groups excluding carboxylic acids is 10. The minimum Gasteiger partial charge on any atom is -0.387 e. The van der Waals surface area contributed by atoms with Gasteiger partial charge in [-0.2, -0.15) is 0 Å². The summed E-state index contributed by atoms with van der Waals surface area (Å²) in [5, 5.41) is 21.1. The molecule has 1 saturated heterocycles. The van der Waals surface area contributed by atoms with Crippen molar-refractivity contribution in [1.29, 1.82) is 0 Å². The van der Waals surface area contributed by atoms with Crippen molar-refractivity contribution in [2.75, 3.05) is 19.7 Å². The van der Waals surface area contributed by atoms with Gasteiger partial charge in [-0.1, -0.05) is 51.1 Å². The maximum absolute atomic E-state index is 15.4. The largest absolute Gasteiger partial charge is 0.387 e. The zero-order valence-corrected chi connectivity index (χ0v) is 43.3. The predicted molar refractivity (Wildman–Crippen MR) is 271 cm³/mol. The van der Waals surface area contributed by atoms with Gasteiger partial charge in [0.15, 0.2) is 1.41 Å². The number of hydrogen-bond donors (Lipinski definition) is 7. The van der Waals surface area contributed by atoms with E-state index >= 15 is 4.39 Å². The maximum Gasteiger partial charge on any atom is 0.333 e. The number of hydrogen-bond acceptors (Lipinski definition) is 13. The maximum atomic E-state index is 15.4. The van der Waals surface area contributed by atoms with E-state index in [2.05, 4.69) is 26.3 Å². The van der Waals surface area contributed by atoms with Crippen molar-refractivity contribution in [1.82, 2.24) is 46.1 Å². The molecule has 0 aliphatic carbocycles. The lowest BCUT2D eigenvalue weighted by Crippen LogP contribution is -2.58. The van der Waals surface area contributed by atoms with Gasteiger partial charge in [0.1, 0.15) is 42.4 Å². The van der Waals surface area contributed by atoms with Crippen LogP contribution in [0, 0.1) is 17.0 Å². The third kappa shape index (κ3) is 17.3. The number of nitrogens with one attached hydrogen (secondary N) is 5. The number of rotatable bonds is 26. The van der Waals surface area contributed by atoms with Crippen LogP contribution in [0.15, 0.2) is 85.3 Å². The van der Waals surface area contributed by atoms with Crippen molar-refractivity contribution in [3.63, 3.8) is 0 Å². The van der Waals surface area contributed by atoms with E-state index in [1.165, 1.54) is 31.1 Å². The van der Waals surface area contributed by atoms with Gasteiger partial charge in [0.2, 0.25) is 41.4 Å². The second kappa shape index (κ2) is 27.4. The predicted octanol–water partition coefficient (Wildman–Crippen LogP) is 1.78. The molecule has 0 bridgehead atoms. The summed E-state index contributed by atoms with van der Waals surface area (Å²) in [7, 11) is 0. The molecule has 1 fully saturated rings. The van der Waals surface area contributed by atoms with Crippen LogP contribution in [0.2, 0.25) is 1.41 Å². The van der Waals surface area contributed by atoms with Crippen molar-refractivity contribution < 1.29 is 68.1 Å². The van der Waals surface area contributed by atoms with Crippen LogP contribution in [0.1, 0.15) is 96.0 Å². The molecule has 1 aliphatic rings. The molecule has 22 nitrogen and oxygen atoms in total. The fourth-order valence-electron chi connectivity index (χ4n) is 8.38. The quantitative estimate of drug-likeness (QED) is 0.0349. The van der Waals surface area contributed by atoms with Gasteiger partial charge in [-0.15, -0.1) is 5.06 Å². The summed E-state index contributed by atoms with van der Waals surface area (Å²) in [6.45, 7) is 6.36. The number of aliphatic hydroxyl groups is 1.